The summed E-state index contributed by atoms with van der Waals surface area (Å²) >= 11 is 0. The Labute approximate surface area is 71.1 Å². The van der Waals surface area contributed by atoms with E-state index in [1.807, 2.05) is 0 Å². The highest BCUT2D eigenvalue weighted by Gasteiger charge is 2.08. The molecular formula is C7H4B2FO2. The van der Waals surface area contributed by atoms with Crippen molar-refractivity contribution >= 4 is 32.5 Å². The van der Waals surface area contributed by atoms with Crippen LogP contribution in [-0.2, 0) is 0 Å². The number of halogens is 1. The fraction of sp³-hybridized carbons (Fsp3) is 0. The third-order valence-electron chi connectivity index (χ3n) is 1.44. The van der Waals surface area contributed by atoms with Crippen molar-refractivity contribution < 1.29 is 14.2 Å². The van der Waals surface area contributed by atoms with Crippen LogP contribution in [-0.4, -0.2) is 26.6 Å². The standard InChI is InChI=1S/C7H4B2FO2/c8-5-1-4(3-11)7(9-12)6(10)2-5/h1-3,12H. The molecule has 3 radical (unpaired) electrons. The second kappa shape index (κ2) is 3.54. The Morgan fingerprint density at radius 2 is 2.25 bits per heavy atom. The monoisotopic (exact) mass is 161 g/mol. The maximum absolute atomic E-state index is 12.9. The van der Waals surface area contributed by atoms with Crippen LogP contribution in [0.4, 0.5) is 4.39 Å². The molecule has 0 bridgehead atoms. The summed E-state index contributed by atoms with van der Waals surface area (Å²) in [6.45, 7) is 0. The predicted molar refractivity (Wildman–Crippen MR) is 44.8 cm³/mol. The van der Waals surface area contributed by atoms with Crippen molar-refractivity contribution in [2.24, 2.45) is 0 Å². The van der Waals surface area contributed by atoms with Crippen LogP contribution in [0.1, 0.15) is 10.4 Å². The molecule has 2 nitrogen and oxygen atoms in total. The van der Waals surface area contributed by atoms with E-state index in [0.717, 1.165) is 6.07 Å². The van der Waals surface area contributed by atoms with E-state index in [0.29, 0.717) is 13.8 Å². The molecule has 1 N–H and O–H groups in total. The van der Waals surface area contributed by atoms with E-state index in [2.05, 4.69) is 0 Å². The summed E-state index contributed by atoms with van der Waals surface area (Å²) in [7, 11) is 5.80. The van der Waals surface area contributed by atoms with Crippen molar-refractivity contribution in [2.45, 2.75) is 0 Å². The summed E-state index contributed by atoms with van der Waals surface area (Å²) < 4.78 is 12.9. The second-order valence-corrected chi connectivity index (χ2v) is 2.25. The molecule has 0 heterocycles. The minimum absolute atomic E-state index is 0.0370. The molecule has 12 heavy (non-hydrogen) atoms. The molecule has 0 amide bonds. The van der Waals surface area contributed by atoms with E-state index in [1.54, 1.807) is 0 Å². The van der Waals surface area contributed by atoms with Gasteiger partial charge >= 0.3 is 7.48 Å². The number of carbonyl (C=O) groups is 1. The average Bonchev–Trinajstić information content (AvgIpc) is 2.03. The molecule has 1 aromatic rings. The molecule has 5 heteroatoms. The average molecular weight is 161 g/mol. The van der Waals surface area contributed by atoms with Gasteiger partial charge in [0.15, 0.2) is 0 Å². The number of hydrogen-bond donors (Lipinski definition) is 1. The van der Waals surface area contributed by atoms with Crippen LogP contribution in [0.3, 0.4) is 0 Å². The third kappa shape index (κ3) is 1.56. The molecule has 0 aliphatic rings. The molecule has 0 saturated heterocycles. The van der Waals surface area contributed by atoms with Crippen LogP contribution >= 0.6 is 0 Å². The van der Waals surface area contributed by atoms with E-state index in [-0.39, 0.29) is 16.5 Å². The molecule has 1 rings (SSSR count). The van der Waals surface area contributed by atoms with Gasteiger partial charge in [-0.3, -0.25) is 4.79 Å². The number of hydrogen-bond acceptors (Lipinski definition) is 2. The third-order valence-corrected chi connectivity index (χ3v) is 1.44. The van der Waals surface area contributed by atoms with Crippen molar-refractivity contribution in [3.05, 3.63) is 23.5 Å². The highest BCUT2D eigenvalue weighted by Crippen LogP contribution is 1.94. The zero-order valence-corrected chi connectivity index (χ0v) is 6.12. The first kappa shape index (κ1) is 9.00. The Morgan fingerprint density at radius 1 is 1.58 bits per heavy atom. The minimum atomic E-state index is -0.709. The summed E-state index contributed by atoms with van der Waals surface area (Å²) in [5, 5.41) is 8.56. The van der Waals surface area contributed by atoms with Gasteiger partial charge in [0.25, 0.3) is 0 Å². The lowest BCUT2D eigenvalue weighted by molar-refractivity contribution is 0.112. The van der Waals surface area contributed by atoms with E-state index < -0.39 is 5.82 Å². The van der Waals surface area contributed by atoms with Gasteiger partial charge < -0.3 is 5.02 Å². The Balaban J connectivity index is 3.33. The zero-order valence-electron chi connectivity index (χ0n) is 6.12. The van der Waals surface area contributed by atoms with Crippen LogP contribution in [0.2, 0.25) is 0 Å². The fourth-order valence-electron chi connectivity index (χ4n) is 0.895. The Bertz CT molecular complexity index is 315. The van der Waals surface area contributed by atoms with Gasteiger partial charge in [-0.25, -0.2) is 4.39 Å². The first-order valence-corrected chi connectivity index (χ1v) is 3.20. The first-order valence-electron chi connectivity index (χ1n) is 3.20. The number of rotatable bonds is 2. The largest absolute Gasteiger partial charge is 0.450 e. The normalized spacial score (nSPS) is 9.50. The van der Waals surface area contributed by atoms with Crippen LogP contribution < -0.4 is 10.9 Å². The molecule has 1 aromatic carbocycles. The van der Waals surface area contributed by atoms with E-state index in [9.17, 15) is 9.18 Å². The van der Waals surface area contributed by atoms with Crippen molar-refractivity contribution in [3.63, 3.8) is 0 Å². The quantitative estimate of drug-likeness (QED) is 0.430. The highest BCUT2D eigenvalue weighted by molar-refractivity contribution is 6.48. The zero-order chi connectivity index (χ0) is 9.14. The summed E-state index contributed by atoms with van der Waals surface area (Å²) in [5.74, 6) is -0.709. The first-order chi connectivity index (χ1) is 5.69. The molecule has 0 spiro atoms. The molecule has 57 valence electrons. The lowest BCUT2D eigenvalue weighted by Crippen LogP contribution is -2.26. The molecule has 0 aliphatic carbocycles. The van der Waals surface area contributed by atoms with Crippen molar-refractivity contribution in [1.82, 2.24) is 0 Å². The summed E-state index contributed by atoms with van der Waals surface area (Å²) in [5.41, 5.74) is 0.0504. The molecule has 0 aromatic heterocycles. The van der Waals surface area contributed by atoms with Crippen molar-refractivity contribution in [1.29, 1.82) is 0 Å². The van der Waals surface area contributed by atoms with Gasteiger partial charge in [-0.15, -0.1) is 0 Å². The fourth-order valence-corrected chi connectivity index (χ4v) is 0.895. The van der Waals surface area contributed by atoms with Gasteiger partial charge in [0.1, 0.15) is 19.9 Å². The second-order valence-electron chi connectivity index (χ2n) is 2.25. The van der Waals surface area contributed by atoms with Crippen LogP contribution in [0.15, 0.2) is 12.1 Å². The van der Waals surface area contributed by atoms with Gasteiger partial charge in [-0.2, -0.15) is 0 Å². The van der Waals surface area contributed by atoms with Crippen molar-refractivity contribution in [3.8, 4) is 0 Å². The Hall–Kier alpha value is -1.09. The van der Waals surface area contributed by atoms with Gasteiger partial charge in [0, 0.05) is 5.56 Å². The molecule has 0 saturated carbocycles. The molecule has 0 atom stereocenters. The summed E-state index contributed by atoms with van der Waals surface area (Å²) in [6, 6.07) is 2.33. The van der Waals surface area contributed by atoms with Crippen LogP contribution in [0.5, 0.6) is 0 Å². The van der Waals surface area contributed by atoms with E-state index in [4.69, 9.17) is 12.9 Å². The number of aldehydes is 1. The maximum atomic E-state index is 12.9. The predicted octanol–water partition coefficient (Wildman–Crippen LogP) is -1.33. The van der Waals surface area contributed by atoms with E-state index >= 15 is 0 Å². The van der Waals surface area contributed by atoms with Gasteiger partial charge in [0.05, 0.1) is 0 Å². The van der Waals surface area contributed by atoms with Crippen molar-refractivity contribution in [2.75, 3.05) is 0 Å². The van der Waals surface area contributed by atoms with E-state index in [1.165, 1.54) is 6.07 Å². The molecule has 0 fully saturated rings. The van der Waals surface area contributed by atoms with Gasteiger partial charge in [-0.1, -0.05) is 11.5 Å². The molecular weight excluding hydrogens is 157 g/mol. The van der Waals surface area contributed by atoms with Gasteiger partial charge in [0.2, 0.25) is 0 Å². The number of carbonyl (C=O) groups excluding carboxylic acids is 1. The highest BCUT2D eigenvalue weighted by atomic mass is 19.1. The Kier molecular flexibility index (Phi) is 2.65. The smallest absolute Gasteiger partial charge is 0.330 e. The minimum Gasteiger partial charge on any atom is -0.450 e. The summed E-state index contributed by atoms with van der Waals surface area (Å²) in [6.07, 6.45) is 0.432. The number of benzene rings is 1. The van der Waals surface area contributed by atoms with Gasteiger partial charge in [-0.05, 0) is 11.5 Å². The lowest BCUT2D eigenvalue weighted by Gasteiger charge is -2.02. The maximum Gasteiger partial charge on any atom is 0.330 e. The van der Waals surface area contributed by atoms with Crippen LogP contribution in [0.25, 0.3) is 0 Å². The lowest BCUT2D eigenvalue weighted by atomic mass is 9.80. The van der Waals surface area contributed by atoms with Crippen LogP contribution in [0, 0.1) is 5.82 Å². The SMILES string of the molecule is [B]c1cc(F)c([B]O)c(C=O)c1. The topological polar surface area (TPSA) is 37.3 Å². The molecule has 0 unspecified atom stereocenters. The summed E-state index contributed by atoms with van der Waals surface area (Å²) in [4.78, 5) is 10.3. The Morgan fingerprint density at radius 3 is 2.75 bits per heavy atom. The molecule has 0 aliphatic heterocycles.